The predicted molar refractivity (Wildman–Crippen MR) is 80.2 cm³/mol. The van der Waals surface area contributed by atoms with Crippen LogP contribution < -0.4 is 0 Å². The van der Waals surface area contributed by atoms with Crippen LogP contribution in [0.2, 0.25) is 0 Å². The average Bonchev–Trinajstić information content (AvgIpc) is 2.53. The molecule has 0 aromatic carbocycles. The zero-order chi connectivity index (χ0) is 15.2. The van der Waals surface area contributed by atoms with Gasteiger partial charge in [-0.15, -0.1) is 0 Å². The topological polar surface area (TPSA) is 64.1 Å². The molecule has 2 amide bonds. The van der Waals surface area contributed by atoms with E-state index in [9.17, 15) is 9.59 Å². The first kappa shape index (κ1) is 16.1. The van der Waals surface area contributed by atoms with Crippen LogP contribution in [0.25, 0.3) is 0 Å². The Morgan fingerprint density at radius 1 is 1.00 bits per heavy atom. The van der Waals surface area contributed by atoms with E-state index < -0.39 is 5.97 Å². The number of amides is 2. The lowest BCUT2D eigenvalue weighted by Crippen LogP contribution is -2.54. The van der Waals surface area contributed by atoms with E-state index in [2.05, 4.69) is 11.8 Å². The first-order valence-electron chi connectivity index (χ1n) is 8.08. The number of aliphatic carboxylic acids is 1. The Morgan fingerprint density at radius 3 is 2.10 bits per heavy atom. The van der Waals surface area contributed by atoms with Crippen LogP contribution in [0.1, 0.15) is 32.6 Å². The molecule has 2 fully saturated rings. The Bertz CT molecular complexity index is 359. The molecule has 6 heteroatoms. The summed E-state index contributed by atoms with van der Waals surface area (Å²) >= 11 is 0. The van der Waals surface area contributed by atoms with Gasteiger partial charge in [-0.05, 0) is 31.7 Å². The molecule has 2 aliphatic rings. The summed E-state index contributed by atoms with van der Waals surface area (Å²) in [6, 6.07) is 0.169. The third-order valence-electron chi connectivity index (χ3n) is 4.74. The van der Waals surface area contributed by atoms with Gasteiger partial charge in [-0.2, -0.15) is 0 Å². The van der Waals surface area contributed by atoms with Gasteiger partial charge in [-0.3, -0.25) is 4.79 Å². The molecule has 120 valence electrons. The van der Waals surface area contributed by atoms with Gasteiger partial charge >= 0.3 is 12.0 Å². The fourth-order valence-corrected chi connectivity index (χ4v) is 3.20. The van der Waals surface area contributed by atoms with Crippen LogP contribution in [0, 0.1) is 5.92 Å². The molecule has 0 spiro atoms. The Morgan fingerprint density at radius 2 is 1.57 bits per heavy atom. The third-order valence-corrected chi connectivity index (χ3v) is 4.74. The highest BCUT2D eigenvalue weighted by Gasteiger charge is 2.28. The van der Waals surface area contributed by atoms with Crippen LogP contribution in [0.5, 0.6) is 0 Å². The summed E-state index contributed by atoms with van der Waals surface area (Å²) in [5.74, 6) is -0.260. The van der Waals surface area contributed by atoms with Crippen LogP contribution in [0.3, 0.4) is 0 Å². The zero-order valence-electron chi connectivity index (χ0n) is 13.0. The molecule has 21 heavy (non-hydrogen) atoms. The molecule has 6 nitrogen and oxygen atoms in total. The molecule has 0 atom stereocenters. The van der Waals surface area contributed by atoms with Gasteiger partial charge in [0.1, 0.15) is 0 Å². The Balaban J connectivity index is 1.72. The van der Waals surface area contributed by atoms with Crippen molar-refractivity contribution in [2.75, 3.05) is 45.8 Å². The molecule has 1 N–H and O–H groups in total. The second kappa shape index (κ2) is 7.64. The number of hydrogen-bond donors (Lipinski definition) is 1. The van der Waals surface area contributed by atoms with E-state index in [-0.39, 0.29) is 12.5 Å². The van der Waals surface area contributed by atoms with Crippen molar-refractivity contribution >= 4 is 12.0 Å². The minimum atomic E-state index is -0.720. The molecule has 0 aromatic rings. The normalized spacial score (nSPS) is 21.6. The summed E-state index contributed by atoms with van der Waals surface area (Å²) in [6.07, 6.45) is 2.87. The van der Waals surface area contributed by atoms with E-state index in [4.69, 9.17) is 5.11 Å². The highest BCUT2D eigenvalue weighted by Crippen LogP contribution is 2.22. The predicted octanol–water partition coefficient (Wildman–Crippen LogP) is 1.32. The number of carbonyl (C=O) groups excluding carboxylic acids is 1. The maximum atomic E-state index is 12.5. The third kappa shape index (κ3) is 4.59. The maximum Gasteiger partial charge on any atom is 0.320 e. The highest BCUT2D eigenvalue weighted by molar-refractivity contribution is 5.74. The number of carbonyl (C=O) groups is 2. The summed E-state index contributed by atoms with van der Waals surface area (Å²) in [5.41, 5.74) is 0. The van der Waals surface area contributed by atoms with Gasteiger partial charge in [0.05, 0.1) is 0 Å². The summed E-state index contributed by atoms with van der Waals surface area (Å²) in [7, 11) is 0. The number of carboxylic acid groups (broad SMARTS) is 1. The molecule has 2 rings (SSSR count). The van der Waals surface area contributed by atoms with Crippen LogP contribution in [0.4, 0.5) is 4.79 Å². The molecule has 0 bridgehead atoms. The number of urea groups is 1. The minimum absolute atomic E-state index is 0.169. The molecule has 2 heterocycles. The van der Waals surface area contributed by atoms with E-state index in [1.807, 2.05) is 9.80 Å². The van der Waals surface area contributed by atoms with Crippen molar-refractivity contribution in [3.63, 3.8) is 0 Å². The van der Waals surface area contributed by atoms with Gasteiger partial charge < -0.3 is 19.8 Å². The summed E-state index contributed by atoms with van der Waals surface area (Å²) < 4.78 is 0. The fourth-order valence-electron chi connectivity index (χ4n) is 3.20. The van der Waals surface area contributed by atoms with Crippen molar-refractivity contribution in [1.29, 1.82) is 0 Å². The number of hydrogen-bond acceptors (Lipinski definition) is 3. The van der Waals surface area contributed by atoms with Gasteiger partial charge in [0.2, 0.25) is 0 Å². The summed E-state index contributed by atoms with van der Waals surface area (Å²) in [5, 5.41) is 8.72. The van der Waals surface area contributed by atoms with Crippen molar-refractivity contribution < 1.29 is 14.7 Å². The van der Waals surface area contributed by atoms with Crippen LogP contribution in [-0.2, 0) is 4.79 Å². The molecule has 2 saturated heterocycles. The zero-order valence-corrected chi connectivity index (χ0v) is 13.0. The van der Waals surface area contributed by atoms with Crippen LogP contribution in [0.15, 0.2) is 0 Å². The van der Waals surface area contributed by atoms with E-state index >= 15 is 0 Å². The van der Waals surface area contributed by atoms with Gasteiger partial charge in [0.15, 0.2) is 0 Å². The summed E-state index contributed by atoms with van der Waals surface area (Å²) in [4.78, 5) is 29.3. The van der Waals surface area contributed by atoms with Crippen molar-refractivity contribution in [3.05, 3.63) is 0 Å². The maximum absolute atomic E-state index is 12.5. The average molecular weight is 297 g/mol. The number of carboxylic acids is 1. The Labute approximate surface area is 126 Å². The molecule has 0 aromatic heterocycles. The Kier molecular flexibility index (Phi) is 5.85. The largest absolute Gasteiger partial charge is 0.481 e. The van der Waals surface area contributed by atoms with Gasteiger partial charge in [-0.1, -0.05) is 6.92 Å². The smallest absolute Gasteiger partial charge is 0.320 e. The van der Waals surface area contributed by atoms with Gasteiger partial charge in [0, 0.05) is 45.7 Å². The van der Waals surface area contributed by atoms with E-state index in [0.29, 0.717) is 5.92 Å². The number of likely N-dealkylation sites (N-methyl/N-ethyl adjacent to an activating group) is 1. The van der Waals surface area contributed by atoms with Crippen molar-refractivity contribution in [1.82, 2.24) is 14.7 Å². The molecule has 0 unspecified atom stereocenters. The molecule has 0 aliphatic carbocycles. The molecular formula is C15H27N3O3. The monoisotopic (exact) mass is 297 g/mol. The standard InChI is InChI=1S/C15H27N3O3/c1-2-16-9-11-18(12-10-16)15(21)17-7-5-13(6-8-17)3-4-14(19)20/h13H,2-12H2,1H3,(H,19,20). The quantitative estimate of drug-likeness (QED) is 0.850. The first-order chi connectivity index (χ1) is 10.1. The number of rotatable bonds is 4. The van der Waals surface area contributed by atoms with Gasteiger partial charge in [0.25, 0.3) is 0 Å². The van der Waals surface area contributed by atoms with Gasteiger partial charge in [-0.25, -0.2) is 4.79 Å². The number of likely N-dealkylation sites (tertiary alicyclic amines) is 1. The number of nitrogens with zero attached hydrogens (tertiary/aromatic N) is 3. The lowest BCUT2D eigenvalue weighted by molar-refractivity contribution is -0.137. The van der Waals surface area contributed by atoms with Crippen molar-refractivity contribution in [2.45, 2.75) is 32.6 Å². The van der Waals surface area contributed by atoms with Crippen molar-refractivity contribution in [3.8, 4) is 0 Å². The molecule has 0 saturated carbocycles. The highest BCUT2D eigenvalue weighted by atomic mass is 16.4. The lowest BCUT2D eigenvalue weighted by Gasteiger charge is -2.39. The van der Waals surface area contributed by atoms with E-state index in [1.54, 1.807) is 0 Å². The second-order valence-corrected chi connectivity index (χ2v) is 6.07. The van der Waals surface area contributed by atoms with E-state index in [0.717, 1.165) is 65.1 Å². The number of piperazine rings is 1. The molecule has 0 radical (unpaired) electrons. The lowest BCUT2D eigenvalue weighted by atomic mass is 9.92. The van der Waals surface area contributed by atoms with Crippen LogP contribution in [-0.4, -0.2) is 77.6 Å². The van der Waals surface area contributed by atoms with Crippen LogP contribution >= 0.6 is 0 Å². The molecular weight excluding hydrogens is 270 g/mol. The second-order valence-electron chi connectivity index (χ2n) is 6.07. The van der Waals surface area contributed by atoms with E-state index in [1.165, 1.54) is 0 Å². The minimum Gasteiger partial charge on any atom is -0.481 e. The first-order valence-corrected chi connectivity index (χ1v) is 8.08. The number of piperidine rings is 1. The summed E-state index contributed by atoms with van der Waals surface area (Å²) in [6.45, 7) is 8.34. The Hall–Kier alpha value is -1.30. The molecule has 2 aliphatic heterocycles. The SMILES string of the molecule is CCN1CCN(C(=O)N2CCC(CCC(=O)O)CC2)CC1. The van der Waals surface area contributed by atoms with Crippen molar-refractivity contribution in [2.24, 2.45) is 5.92 Å². The fraction of sp³-hybridized carbons (Fsp3) is 0.867.